The van der Waals surface area contributed by atoms with Crippen molar-refractivity contribution < 1.29 is 9.47 Å². The van der Waals surface area contributed by atoms with Crippen LogP contribution in [0.3, 0.4) is 0 Å². The molecule has 1 aliphatic carbocycles. The van der Waals surface area contributed by atoms with Crippen molar-refractivity contribution in [2.75, 3.05) is 26.8 Å². The van der Waals surface area contributed by atoms with Gasteiger partial charge in [0.15, 0.2) is 0 Å². The van der Waals surface area contributed by atoms with E-state index in [4.69, 9.17) is 9.47 Å². The first-order valence-electron chi connectivity index (χ1n) is 7.36. The molecule has 1 fully saturated rings. The highest BCUT2D eigenvalue weighted by Crippen LogP contribution is 2.30. The van der Waals surface area contributed by atoms with Crippen molar-refractivity contribution in [2.24, 2.45) is 5.92 Å². The normalized spacial score (nSPS) is 24.7. The molecule has 0 unspecified atom stereocenters. The summed E-state index contributed by atoms with van der Waals surface area (Å²) < 4.78 is 11.4. The highest BCUT2D eigenvalue weighted by Gasteiger charge is 2.28. The molecular weight excluding hydrogens is 238 g/mol. The van der Waals surface area contributed by atoms with Gasteiger partial charge in [0, 0.05) is 6.42 Å². The Morgan fingerprint density at radius 1 is 1.37 bits per heavy atom. The quantitative estimate of drug-likeness (QED) is 0.851. The van der Waals surface area contributed by atoms with Crippen LogP contribution in [0.25, 0.3) is 0 Å². The van der Waals surface area contributed by atoms with E-state index in [0.717, 1.165) is 44.3 Å². The molecule has 0 aromatic heterocycles. The van der Waals surface area contributed by atoms with Gasteiger partial charge in [-0.05, 0) is 56.0 Å². The SMILES string of the molecule is CNCC1CC(OCCc2ccc3c(c2)CCO3)C1. The lowest BCUT2D eigenvalue weighted by Crippen LogP contribution is -2.37. The summed E-state index contributed by atoms with van der Waals surface area (Å²) in [4.78, 5) is 0. The number of nitrogens with one attached hydrogen (secondary N) is 1. The van der Waals surface area contributed by atoms with Crippen LogP contribution in [0.4, 0.5) is 0 Å². The van der Waals surface area contributed by atoms with Crippen molar-refractivity contribution in [2.45, 2.75) is 31.8 Å². The van der Waals surface area contributed by atoms with E-state index in [1.807, 2.05) is 7.05 Å². The van der Waals surface area contributed by atoms with Gasteiger partial charge in [-0.3, -0.25) is 0 Å². The lowest BCUT2D eigenvalue weighted by atomic mass is 9.82. The monoisotopic (exact) mass is 261 g/mol. The third-order valence-corrected chi connectivity index (χ3v) is 4.18. The third-order valence-electron chi connectivity index (χ3n) is 4.18. The van der Waals surface area contributed by atoms with Gasteiger partial charge >= 0.3 is 0 Å². The Hall–Kier alpha value is -1.06. The summed E-state index contributed by atoms with van der Waals surface area (Å²) in [7, 11) is 2.02. The second-order valence-electron chi connectivity index (χ2n) is 5.68. The lowest BCUT2D eigenvalue weighted by molar-refractivity contribution is -0.0280. The van der Waals surface area contributed by atoms with Gasteiger partial charge < -0.3 is 14.8 Å². The number of fused-ring (bicyclic) bond motifs is 1. The molecule has 1 heterocycles. The van der Waals surface area contributed by atoms with Crippen molar-refractivity contribution in [1.82, 2.24) is 5.32 Å². The number of rotatable bonds is 6. The first-order chi connectivity index (χ1) is 9.35. The van der Waals surface area contributed by atoms with Crippen LogP contribution in [0.1, 0.15) is 24.0 Å². The zero-order valence-corrected chi connectivity index (χ0v) is 11.7. The maximum atomic E-state index is 5.92. The molecule has 0 spiro atoms. The fraction of sp³-hybridized carbons (Fsp3) is 0.625. The summed E-state index contributed by atoms with van der Waals surface area (Å²) in [6, 6.07) is 6.54. The average Bonchev–Trinajstić information content (AvgIpc) is 2.83. The molecule has 0 radical (unpaired) electrons. The van der Waals surface area contributed by atoms with Crippen molar-refractivity contribution in [3.8, 4) is 5.75 Å². The standard InChI is InChI=1S/C16H23NO2/c1-17-11-13-9-15(10-13)18-6-4-12-2-3-16-14(8-12)5-7-19-16/h2-3,8,13,15,17H,4-7,9-11H2,1H3. The van der Waals surface area contributed by atoms with Crippen molar-refractivity contribution in [3.05, 3.63) is 29.3 Å². The van der Waals surface area contributed by atoms with Crippen LogP contribution in [0.2, 0.25) is 0 Å². The highest BCUT2D eigenvalue weighted by molar-refractivity contribution is 5.39. The van der Waals surface area contributed by atoms with Gasteiger partial charge in [0.05, 0.1) is 19.3 Å². The van der Waals surface area contributed by atoms with E-state index >= 15 is 0 Å². The van der Waals surface area contributed by atoms with Crippen LogP contribution in [0, 0.1) is 5.92 Å². The molecule has 0 bridgehead atoms. The molecule has 1 N–H and O–H groups in total. The fourth-order valence-corrected chi connectivity index (χ4v) is 3.00. The van der Waals surface area contributed by atoms with Gasteiger partial charge in [-0.25, -0.2) is 0 Å². The van der Waals surface area contributed by atoms with Crippen LogP contribution < -0.4 is 10.1 Å². The molecular formula is C16H23NO2. The van der Waals surface area contributed by atoms with Gasteiger partial charge in [-0.2, -0.15) is 0 Å². The number of benzene rings is 1. The summed E-state index contributed by atoms with van der Waals surface area (Å²) in [5.74, 6) is 1.89. The number of hydrogen-bond donors (Lipinski definition) is 1. The molecule has 104 valence electrons. The van der Waals surface area contributed by atoms with E-state index in [9.17, 15) is 0 Å². The topological polar surface area (TPSA) is 30.5 Å². The summed E-state index contributed by atoms with van der Waals surface area (Å²) in [6.07, 6.45) is 5.01. The predicted octanol–water partition coefficient (Wildman–Crippen LogP) is 2.18. The second-order valence-corrected chi connectivity index (χ2v) is 5.68. The number of ether oxygens (including phenoxy) is 2. The average molecular weight is 261 g/mol. The Bertz CT molecular complexity index is 427. The molecule has 3 heteroatoms. The minimum absolute atomic E-state index is 0.496. The lowest BCUT2D eigenvalue weighted by Gasteiger charge is -2.35. The zero-order chi connectivity index (χ0) is 13.1. The van der Waals surface area contributed by atoms with Crippen LogP contribution in [0.5, 0.6) is 5.75 Å². The minimum atomic E-state index is 0.496. The predicted molar refractivity (Wildman–Crippen MR) is 75.7 cm³/mol. The van der Waals surface area contributed by atoms with E-state index in [1.165, 1.54) is 24.0 Å². The van der Waals surface area contributed by atoms with E-state index < -0.39 is 0 Å². The Morgan fingerprint density at radius 3 is 3.11 bits per heavy atom. The Labute approximate surface area is 115 Å². The largest absolute Gasteiger partial charge is 0.493 e. The number of hydrogen-bond acceptors (Lipinski definition) is 3. The van der Waals surface area contributed by atoms with E-state index in [1.54, 1.807) is 0 Å². The molecule has 1 saturated carbocycles. The molecule has 1 aliphatic heterocycles. The van der Waals surface area contributed by atoms with Gasteiger partial charge in [0.25, 0.3) is 0 Å². The second kappa shape index (κ2) is 5.93. The van der Waals surface area contributed by atoms with Crippen LogP contribution in [-0.2, 0) is 17.6 Å². The molecule has 2 aliphatic rings. The summed E-state index contributed by atoms with van der Waals surface area (Å²) in [6.45, 7) is 2.81. The highest BCUT2D eigenvalue weighted by atomic mass is 16.5. The van der Waals surface area contributed by atoms with E-state index in [2.05, 4.69) is 23.5 Å². The smallest absolute Gasteiger partial charge is 0.122 e. The maximum Gasteiger partial charge on any atom is 0.122 e. The van der Waals surface area contributed by atoms with Crippen LogP contribution >= 0.6 is 0 Å². The zero-order valence-electron chi connectivity index (χ0n) is 11.7. The molecule has 0 amide bonds. The summed E-state index contributed by atoms with van der Waals surface area (Å²) >= 11 is 0. The van der Waals surface area contributed by atoms with E-state index in [0.29, 0.717) is 6.10 Å². The summed E-state index contributed by atoms with van der Waals surface area (Å²) in [5, 5.41) is 3.23. The van der Waals surface area contributed by atoms with Crippen LogP contribution in [-0.4, -0.2) is 32.9 Å². The molecule has 1 aromatic carbocycles. The first-order valence-corrected chi connectivity index (χ1v) is 7.36. The van der Waals surface area contributed by atoms with Gasteiger partial charge in [0.1, 0.15) is 5.75 Å². The third kappa shape index (κ3) is 3.10. The Morgan fingerprint density at radius 2 is 2.26 bits per heavy atom. The van der Waals surface area contributed by atoms with Crippen LogP contribution in [0.15, 0.2) is 18.2 Å². The molecule has 3 rings (SSSR count). The van der Waals surface area contributed by atoms with Gasteiger partial charge in [-0.1, -0.05) is 12.1 Å². The molecule has 19 heavy (non-hydrogen) atoms. The molecule has 3 nitrogen and oxygen atoms in total. The minimum Gasteiger partial charge on any atom is -0.493 e. The maximum absolute atomic E-state index is 5.92. The molecule has 0 saturated heterocycles. The fourth-order valence-electron chi connectivity index (χ4n) is 3.00. The Balaban J connectivity index is 1.39. The van der Waals surface area contributed by atoms with Crippen molar-refractivity contribution in [3.63, 3.8) is 0 Å². The molecule has 0 atom stereocenters. The van der Waals surface area contributed by atoms with Gasteiger partial charge in [-0.15, -0.1) is 0 Å². The molecule has 1 aromatic rings. The van der Waals surface area contributed by atoms with Crippen molar-refractivity contribution >= 4 is 0 Å². The van der Waals surface area contributed by atoms with Gasteiger partial charge in [0.2, 0.25) is 0 Å². The van der Waals surface area contributed by atoms with Crippen molar-refractivity contribution in [1.29, 1.82) is 0 Å². The van der Waals surface area contributed by atoms with E-state index in [-0.39, 0.29) is 0 Å². The summed E-state index contributed by atoms with van der Waals surface area (Å²) in [5.41, 5.74) is 2.73. The Kier molecular flexibility index (Phi) is 4.04. The first kappa shape index (κ1) is 12.9.